The van der Waals surface area contributed by atoms with Crippen LogP contribution in [0.5, 0.6) is 0 Å². The molecule has 164 valence electrons. The van der Waals surface area contributed by atoms with Gasteiger partial charge in [0.15, 0.2) is 5.16 Å². The highest BCUT2D eigenvalue weighted by Crippen LogP contribution is 2.30. The Labute approximate surface area is 193 Å². The summed E-state index contributed by atoms with van der Waals surface area (Å²) in [5, 5.41) is 10.8. The third-order valence-electron chi connectivity index (χ3n) is 5.32. The second-order valence-corrected chi connectivity index (χ2v) is 8.85. The lowest BCUT2D eigenvalue weighted by atomic mass is 10.2. The molecule has 0 saturated carbocycles. The van der Waals surface area contributed by atoms with Crippen LogP contribution in [-0.4, -0.2) is 51.0 Å². The fraction of sp³-hybridized carbons (Fsp3) is 0.273. The molecule has 10 heteroatoms. The first-order valence-electron chi connectivity index (χ1n) is 10.3. The van der Waals surface area contributed by atoms with E-state index >= 15 is 0 Å². The maximum absolute atomic E-state index is 12.5. The molecule has 5 rings (SSSR count). The highest BCUT2D eigenvalue weighted by atomic mass is 35.5. The molecule has 2 aromatic carbocycles. The first kappa shape index (κ1) is 21.0. The molecule has 0 bridgehead atoms. The Morgan fingerprint density at radius 1 is 1.16 bits per heavy atom. The van der Waals surface area contributed by atoms with Crippen LogP contribution in [0, 0.1) is 6.92 Å². The van der Waals surface area contributed by atoms with E-state index in [1.807, 2.05) is 12.1 Å². The summed E-state index contributed by atoms with van der Waals surface area (Å²) in [6.45, 7) is 4.91. The van der Waals surface area contributed by atoms with Gasteiger partial charge in [-0.25, -0.2) is 4.98 Å². The molecule has 32 heavy (non-hydrogen) atoms. The number of ether oxygens (including phenoxy) is 1. The van der Waals surface area contributed by atoms with Gasteiger partial charge in [-0.15, -0.1) is 10.2 Å². The topological polar surface area (TPSA) is 88.9 Å². The van der Waals surface area contributed by atoms with Gasteiger partial charge >= 0.3 is 0 Å². The average molecular weight is 469 g/mol. The second kappa shape index (κ2) is 8.93. The SMILES string of the molecule is Cc1ccccc1-n1c(SCc2nc3cc(Cl)ccc3c(=O)[nH]2)nnc1N1CCOCC1. The smallest absolute Gasteiger partial charge is 0.258 e. The number of nitrogens with zero attached hydrogens (tertiary/aromatic N) is 5. The van der Waals surface area contributed by atoms with Gasteiger partial charge in [0.2, 0.25) is 5.95 Å². The zero-order valence-corrected chi connectivity index (χ0v) is 19.0. The Morgan fingerprint density at radius 2 is 1.97 bits per heavy atom. The van der Waals surface area contributed by atoms with E-state index in [0.717, 1.165) is 35.4 Å². The minimum atomic E-state index is -0.184. The molecular weight excluding hydrogens is 448 g/mol. The minimum Gasteiger partial charge on any atom is -0.378 e. The number of hydrogen-bond donors (Lipinski definition) is 1. The highest BCUT2D eigenvalue weighted by molar-refractivity contribution is 7.98. The Balaban J connectivity index is 1.50. The van der Waals surface area contributed by atoms with E-state index in [9.17, 15) is 4.79 Å². The second-order valence-electron chi connectivity index (χ2n) is 7.47. The summed E-state index contributed by atoms with van der Waals surface area (Å²) in [5.41, 5.74) is 2.53. The van der Waals surface area contributed by atoms with E-state index in [-0.39, 0.29) is 5.56 Å². The number of benzene rings is 2. The van der Waals surface area contributed by atoms with Crippen LogP contribution in [0.4, 0.5) is 5.95 Å². The van der Waals surface area contributed by atoms with Gasteiger partial charge in [-0.05, 0) is 36.8 Å². The van der Waals surface area contributed by atoms with E-state index in [4.69, 9.17) is 16.3 Å². The number of halogens is 1. The fourth-order valence-electron chi connectivity index (χ4n) is 3.71. The van der Waals surface area contributed by atoms with Crippen molar-refractivity contribution < 1.29 is 4.74 Å². The van der Waals surface area contributed by atoms with Crippen molar-refractivity contribution in [3.63, 3.8) is 0 Å². The molecule has 1 N–H and O–H groups in total. The lowest BCUT2D eigenvalue weighted by Gasteiger charge is -2.28. The van der Waals surface area contributed by atoms with Gasteiger partial charge in [-0.1, -0.05) is 41.6 Å². The van der Waals surface area contributed by atoms with Crippen molar-refractivity contribution in [3.8, 4) is 5.69 Å². The lowest BCUT2D eigenvalue weighted by Crippen LogP contribution is -2.38. The zero-order chi connectivity index (χ0) is 22.1. The van der Waals surface area contributed by atoms with Gasteiger partial charge in [-0.3, -0.25) is 9.36 Å². The molecule has 0 amide bonds. The molecule has 0 unspecified atom stereocenters. The van der Waals surface area contributed by atoms with E-state index in [1.54, 1.807) is 18.2 Å². The molecular formula is C22H21ClN6O2S. The van der Waals surface area contributed by atoms with Crippen LogP contribution >= 0.6 is 23.4 Å². The standard InChI is InChI=1S/C22H21ClN6O2S/c1-14-4-2-3-5-18(14)29-21(28-8-10-31-11-9-28)26-27-22(29)32-13-19-24-17-12-15(23)6-7-16(17)20(30)25-19/h2-7,12H,8-11,13H2,1H3,(H,24,25,30). The summed E-state index contributed by atoms with van der Waals surface area (Å²) in [6.07, 6.45) is 0. The van der Waals surface area contributed by atoms with Crippen molar-refractivity contribution >= 4 is 40.2 Å². The number of rotatable bonds is 5. The molecule has 0 aliphatic carbocycles. The van der Waals surface area contributed by atoms with Crippen LogP contribution in [-0.2, 0) is 10.5 Å². The molecule has 3 heterocycles. The summed E-state index contributed by atoms with van der Waals surface area (Å²) in [5.74, 6) is 1.78. The normalized spacial score (nSPS) is 14.2. The number of aromatic amines is 1. The average Bonchev–Trinajstić information content (AvgIpc) is 3.22. The Kier molecular flexibility index (Phi) is 5.86. The number of hydrogen-bond acceptors (Lipinski definition) is 7. The molecule has 1 fully saturated rings. The monoisotopic (exact) mass is 468 g/mol. The van der Waals surface area contributed by atoms with Crippen molar-refractivity contribution in [2.24, 2.45) is 0 Å². The van der Waals surface area contributed by atoms with Crippen molar-refractivity contribution in [1.29, 1.82) is 0 Å². The quantitative estimate of drug-likeness (QED) is 0.447. The van der Waals surface area contributed by atoms with Crippen LogP contribution in [0.2, 0.25) is 5.02 Å². The van der Waals surface area contributed by atoms with Gasteiger partial charge in [0.25, 0.3) is 5.56 Å². The first-order chi connectivity index (χ1) is 15.6. The summed E-state index contributed by atoms with van der Waals surface area (Å²) >= 11 is 7.56. The molecule has 0 radical (unpaired) electrons. The minimum absolute atomic E-state index is 0.184. The van der Waals surface area contributed by atoms with Gasteiger partial charge in [0.1, 0.15) is 5.82 Å². The summed E-state index contributed by atoms with van der Waals surface area (Å²) < 4.78 is 7.57. The van der Waals surface area contributed by atoms with Crippen LogP contribution in [0.3, 0.4) is 0 Å². The number of para-hydroxylation sites is 1. The van der Waals surface area contributed by atoms with E-state index in [1.165, 1.54) is 11.8 Å². The number of thioether (sulfide) groups is 1. The number of aromatic nitrogens is 5. The largest absolute Gasteiger partial charge is 0.378 e. The van der Waals surface area contributed by atoms with Gasteiger partial charge in [0.05, 0.1) is 35.6 Å². The van der Waals surface area contributed by atoms with Crippen molar-refractivity contribution in [1.82, 2.24) is 24.7 Å². The number of aryl methyl sites for hydroxylation is 1. The Hall–Kier alpha value is -2.88. The Morgan fingerprint density at radius 3 is 2.78 bits per heavy atom. The maximum Gasteiger partial charge on any atom is 0.258 e. The summed E-state index contributed by atoms with van der Waals surface area (Å²) in [7, 11) is 0. The van der Waals surface area contributed by atoms with E-state index < -0.39 is 0 Å². The van der Waals surface area contributed by atoms with Crippen molar-refractivity contribution in [2.75, 3.05) is 31.2 Å². The van der Waals surface area contributed by atoms with Crippen molar-refractivity contribution in [3.05, 3.63) is 69.2 Å². The van der Waals surface area contributed by atoms with Crippen LogP contribution in [0.15, 0.2) is 52.4 Å². The fourth-order valence-corrected chi connectivity index (χ4v) is 4.69. The molecule has 4 aromatic rings. The molecule has 1 aliphatic rings. The Bertz CT molecular complexity index is 1330. The predicted molar refractivity (Wildman–Crippen MR) is 126 cm³/mol. The molecule has 1 saturated heterocycles. The highest BCUT2D eigenvalue weighted by Gasteiger charge is 2.22. The van der Waals surface area contributed by atoms with Crippen LogP contribution in [0.25, 0.3) is 16.6 Å². The predicted octanol–water partition coefficient (Wildman–Crippen LogP) is 3.59. The molecule has 0 atom stereocenters. The number of morpholine rings is 1. The third-order valence-corrected chi connectivity index (χ3v) is 6.50. The maximum atomic E-state index is 12.5. The zero-order valence-electron chi connectivity index (χ0n) is 17.4. The van der Waals surface area contributed by atoms with Gasteiger partial charge in [0, 0.05) is 18.1 Å². The summed E-state index contributed by atoms with van der Waals surface area (Å²) in [6, 6.07) is 13.2. The number of H-pyrrole nitrogens is 1. The number of anilines is 1. The van der Waals surface area contributed by atoms with E-state index in [2.05, 4.69) is 48.7 Å². The molecule has 0 spiro atoms. The van der Waals surface area contributed by atoms with Crippen LogP contribution in [0.1, 0.15) is 11.4 Å². The number of nitrogens with one attached hydrogen (secondary N) is 1. The lowest BCUT2D eigenvalue weighted by molar-refractivity contribution is 0.122. The third kappa shape index (κ3) is 4.11. The molecule has 8 nitrogen and oxygen atoms in total. The summed E-state index contributed by atoms with van der Waals surface area (Å²) in [4.78, 5) is 22.1. The van der Waals surface area contributed by atoms with Gasteiger partial charge in [-0.2, -0.15) is 0 Å². The first-order valence-corrected chi connectivity index (χ1v) is 11.6. The van der Waals surface area contributed by atoms with Crippen LogP contribution < -0.4 is 10.5 Å². The molecule has 2 aromatic heterocycles. The van der Waals surface area contributed by atoms with Crippen molar-refractivity contribution in [2.45, 2.75) is 17.8 Å². The van der Waals surface area contributed by atoms with E-state index in [0.29, 0.717) is 40.7 Å². The van der Waals surface area contributed by atoms with Gasteiger partial charge < -0.3 is 14.6 Å². The molecule has 1 aliphatic heterocycles. The number of fused-ring (bicyclic) bond motifs is 1.